The molecule has 2 aliphatic heterocycles. The summed E-state index contributed by atoms with van der Waals surface area (Å²) in [5.41, 5.74) is 0.952. The van der Waals surface area contributed by atoms with Crippen LogP contribution in [0.15, 0.2) is 55.4 Å². The lowest BCUT2D eigenvalue weighted by atomic mass is 10.1. The number of rotatable bonds is 6. The van der Waals surface area contributed by atoms with E-state index < -0.39 is 12.4 Å². The van der Waals surface area contributed by atoms with Crippen molar-refractivity contribution in [2.75, 3.05) is 18.4 Å². The van der Waals surface area contributed by atoms with Gasteiger partial charge in [-0.05, 0) is 49.6 Å². The van der Waals surface area contributed by atoms with Crippen LogP contribution in [0, 0.1) is 12.7 Å². The number of hydrogen-bond acceptors (Lipinski definition) is 7. The molecule has 5 rings (SSSR count). The second kappa shape index (κ2) is 9.26. The Morgan fingerprint density at radius 1 is 1.21 bits per heavy atom. The van der Waals surface area contributed by atoms with E-state index in [4.69, 9.17) is 4.74 Å². The second-order valence-corrected chi connectivity index (χ2v) is 8.12. The van der Waals surface area contributed by atoms with Gasteiger partial charge < -0.3 is 14.8 Å². The predicted molar refractivity (Wildman–Crippen MR) is 119 cm³/mol. The van der Waals surface area contributed by atoms with Crippen LogP contribution >= 0.6 is 0 Å². The number of hydrazine groups is 1. The summed E-state index contributed by atoms with van der Waals surface area (Å²) in [6.07, 6.45) is 10.6. The molecule has 2 aliphatic rings. The fourth-order valence-corrected chi connectivity index (χ4v) is 4.31. The molecule has 4 heterocycles. The van der Waals surface area contributed by atoms with E-state index in [1.807, 2.05) is 17.4 Å². The van der Waals surface area contributed by atoms with E-state index in [-0.39, 0.29) is 23.0 Å². The molecule has 1 saturated heterocycles. The smallest absolute Gasteiger partial charge is 0.387 e. The van der Waals surface area contributed by atoms with Crippen LogP contribution in [0.4, 0.5) is 19.1 Å². The van der Waals surface area contributed by atoms with Crippen LogP contribution in [-0.2, 0) is 4.74 Å². The average molecular weight is 472 g/mol. The van der Waals surface area contributed by atoms with Crippen molar-refractivity contribution in [3.05, 3.63) is 66.8 Å². The fraction of sp³-hybridized carbons (Fsp3) is 0.304. The summed E-state index contributed by atoms with van der Waals surface area (Å²) >= 11 is 0. The lowest BCUT2D eigenvalue weighted by Crippen LogP contribution is -2.48. The maximum atomic E-state index is 14.9. The molecule has 0 unspecified atom stereocenters. The first-order chi connectivity index (χ1) is 16.5. The first-order valence-corrected chi connectivity index (χ1v) is 10.9. The SMILES string of the molecule is Cc1cc(F)c(-c2nnc(N[C@@H]3CCCN(N4C=COC=C4)C3)n3cccc23)c(OC(F)F)c1. The fourth-order valence-electron chi connectivity index (χ4n) is 4.31. The highest BCUT2D eigenvalue weighted by Gasteiger charge is 2.25. The van der Waals surface area contributed by atoms with E-state index in [1.54, 1.807) is 42.2 Å². The van der Waals surface area contributed by atoms with Crippen LogP contribution in [0.1, 0.15) is 18.4 Å². The molecule has 11 heteroatoms. The molecule has 8 nitrogen and oxygen atoms in total. The lowest BCUT2D eigenvalue weighted by Gasteiger charge is -2.38. The van der Waals surface area contributed by atoms with E-state index in [1.165, 1.54) is 12.1 Å². The van der Waals surface area contributed by atoms with Crippen molar-refractivity contribution >= 4 is 11.5 Å². The highest BCUT2D eigenvalue weighted by atomic mass is 19.3. The number of ether oxygens (including phenoxy) is 2. The molecular weight excluding hydrogens is 449 g/mol. The minimum absolute atomic E-state index is 0.0815. The predicted octanol–water partition coefficient (Wildman–Crippen LogP) is 4.51. The first kappa shape index (κ1) is 22.1. The van der Waals surface area contributed by atoms with Crippen molar-refractivity contribution in [3.63, 3.8) is 0 Å². The summed E-state index contributed by atoms with van der Waals surface area (Å²) in [7, 11) is 0. The second-order valence-electron chi connectivity index (χ2n) is 8.12. The Balaban J connectivity index is 1.45. The number of anilines is 1. The Morgan fingerprint density at radius 2 is 2.03 bits per heavy atom. The molecule has 0 radical (unpaired) electrons. The first-order valence-electron chi connectivity index (χ1n) is 10.9. The normalized spacial score (nSPS) is 18.5. The van der Waals surface area contributed by atoms with Crippen molar-refractivity contribution in [1.82, 2.24) is 24.6 Å². The molecule has 0 bridgehead atoms. The van der Waals surface area contributed by atoms with Gasteiger partial charge in [0.15, 0.2) is 0 Å². The molecule has 178 valence electrons. The molecule has 2 aromatic heterocycles. The number of nitrogens with zero attached hydrogens (tertiary/aromatic N) is 5. The average Bonchev–Trinajstić information content (AvgIpc) is 3.31. The summed E-state index contributed by atoms with van der Waals surface area (Å²) < 4.78 is 52.4. The van der Waals surface area contributed by atoms with E-state index in [0.29, 0.717) is 17.0 Å². The van der Waals surface area contributed by atoms with Crippen molar-refractivity contribution in [2.45, 2.75) is 32.4 Å². The highest BCUT2D eigenvalue weighted by Crippen LogP contribution is 2.36. The molecule has 0 aliphatic carbocycles. The maximum absolute atomic E-state index is 14.9. The molecule has 1 aromatic carbocycles. The molecule has 1 atom stereocenters. The maximum Gasteiger partial charge on any atom is 0.387 e. The van der Waals surface area contributed by atoms with E-state index in [0.717, 1.165) is 25.9 Å². The number of fused-ring (bicyclic) bond motifs is 1. The molecular formula is C23H23F3N6O2. The van der Waals surface area contributed by atoms with E-state index >= 15 is 0 Å². The van der Waals surface area contributed by atoms with Gasteiger partial charge in [-0.15, -0.1) is 10.2 Å². The Kier molecular flexibility index (Phi) is 6.01. The third-order valence-electron chi connectivity index (χ3n) is 5.76. The third kappa shape index (κ3) is 4.38. The Morgan fingerprint density at radius 3 is 2.82 bits per heavy atom. The number of aromatic nitrogens is 3. The van der Waals surface area contributed by atoms with Crippen LogP contribution < -0.4 is 10.1 Å². The van der Waals surface area contributed by atoms with Crippen molar-refractivity contribution in [3.8, 4) is 17.0 Å². The zero-order chi connectivity index (χ0) is 23.7. The number of piperidine rings is 1. The van der Waals surface area contributed by atoms with Crippen LogP contribution in [-0.4, -0.2) is 50.4 Å². The topological polar surface area (TPSA) is 67.2 Å². The minimum Gasteiger partial charge on any atom is -0.469 e. The van der Waals surface area contributed by atoms with Gasteiger partial charge in [0.2, 0.25) is 5.95 Å². The highest BCUT2D eigenvalue weighted by molar-refractivity contribution is 5.82. The van der Waals surface area contributed by atoms with E-state index in [2.05, 4.69) is 25.3 Å². The van der Waals surface area contributed by atoms with Gasteiger partial charge in [-0.1, -0.05) is 0 Å². The summed E-state index contributed by atoms with van der Waals surface area (Å²) in [6.45, 7) is 0.129. The summed E-state index contributed by atoms with van der Waals surface area (Å²) in [4.78, 5) is 0. The number of aryl methyl sites for hydroxylation is 1. The molecule has 0 amide bonds. The molecule has 34 heavy (non-hydrogen) atoms. The standard InChI is InChI=1S/C23H23F3N6O2/c1-15-12-17(24)20(19(13-15)34-22(25)26)21-18-5-3-7-32(18)23(29-28-21)27-16-4-2-6-31(14-16)30-8-10-33-11-9-30/h3,5,7-13,16,22H,2,4,6,14H2,1H3,(H,27,29)/t16-/m1/s1. The van der Waals surface area contributed by atoms with E-state index in [9.17, 15) is 13.2 Å². The van der Waals surface area contributed by atoms with Gasteiger partial charge in [-0.2, -0.15) is 8.78 Å². The van der Waals surface area contributed by atoms with Gasteiger partial charge in [0.05, 0.1) is 23.5 Å². The molecule has 1 N–H and O–H groups in total. The Labute approximate surface area is 193 Å². The monoisotopic (exact) mass is 472 g/mol. The minimum atomic E-state index is -3.10. The zero-order valence-electron chi connectivity index (χ0n) is 18.4. The summed E-state index contributed by atoms with van der Waals surface area (Å²) in [6, 6.07) is 6.20. The zero-order valence-corrected chi connectivity index (χ0v) is 18.4. The van der Waals surface area contributed by atoms with Crippen molar-refractivity contribution in [1.29, 1.82) is 0 Å². The summed E-state index contributed by atoms with van der Waals surface area (Å²) in [5, 5.41) is 16.1. The van der Waals surface area contributed by atoms with Gasteiger partial charge in [0.25, 0.3) is 0 Å². The number of hydrogen-bond donors (Lipinski definition) is 1. The van der Waals surface area contributed by atoms with Gasteiger partial charge in [0.1, 0.15) is 29.8 Å². The summed E-state index contributed by atoms with van der Waals surface area (Å²) in [5.74, 6) is -0.504. The Bertz CT molecular complexity index is 1230. The molecule has 0 saturated carbocycles. The van der Waals surface area contributed by atoms with Crippen LogP contribution in [0.25, 0.3) is 16.8 Å². The molecule has 0 spiro atoms. The number of halogens is 3. The third-order valence-corrected chi connectivity index (χ3v) is 5.76. The van der Waals surface area contributed by atoms with Crippen LogP contribution in [0.2, 0.25) is 0 Å². The lowest BCUT2D eigenvalue weighted by molar-refractivity contribution is -0.0496. The van der Waals surface area contributed by atoms with Crippen molar-refractivity contribution < 1.29 is 22.6 Å². The molecule has 3 aromatic rings. The number of benzene rings is 1. The number of nitrogens with one attached hydrogen (secondary N) is 1. The Hall–Kier alpha value is -3.73. The van der Waals surface area contributed by atoms with Crippen LogP contribution in [0.3, 0.4) is 0 Å². The largest absolute Gasteiger partial charge is 0.469 e. The van der Waals surface area contributed by atoms with Crippen molar-refractivity contribution in [2.24, 2.45) is 0 Å². The molecule has 1 fully saturated rings. The van der Waals surface area contributed by atoms with Gasteiger partial charge in [0, 0.05) is 25.3 Å². The van der Waals surface area contributed by atoms with Gasteiger partial charge in [-0.25, -0.2) is 9.40 Å². The van der Waals surface area contributed by atoms with Gasteiger partial charge >= 0.3 is 6.61 Å². The van der Waals surface area contributed by atoms with Gasteiger partial charge in [-0.3, -0.25) is 9.41 Å². The number of alkyl halides is 2. The quantitative estimate of drug-likeness (QED) is 0.566. The van der Waals surface area contributed by atoms with Crippen LogP contribution in [0.5, 0.6) is 5.75 Å².